The number of rotatable bonds is 6. The Labute approximate surface area is 140 Å². The molecule has 0 amide bonds. The van der Waals surface area contributed by atoms with E-state index in [0.717, 1.165) is 26.1 Å². The topological polar surface area (TPSA) is 60.9 Å². The SMILES string of the molecule is Cc1cc(C)c(N2CCN(CCCCS(=O)(=O)O)C2C)c(C)c1. The van der Waals surface area contributed by atoms with Gasteiger partial charge < -0.3 is 4.90 Å². The van der Waals surface area contributed by atoms with Gasteiger partial charge in [-0.3, -0.25) is 9.45 Å². The molecule has 0 saturated carbocycles. The van der Waals surface area contributed by atoms with E-state index in [1.54, 1.807) is 0 Å². The summed E-state index contributed by atoms with van der Waals surface area (Å²) in [6, 6.07) is 4.45. The molecule has 130 valence electrons. The normalized spacial score (nSPS) is 19.5. The van der Waals surface area contributed by atoms with Crippen LogP contribution in [0.25, 0.3) is 0 Å². The van der Waals surface area contributed by atoms with Gasteiger partial charge in [0.25, 0.3) is 10.1 Å². The van der Waals surface area contributed by atoms with Crippen molar-refractivity contribution in [3.8, 4) is 0 Å². The van der Waals surface area contributed by atoms with Gasteiger partial charge in [0.1, 0.15) is 0 Å². The molecule has 1 fully saturated rings. The summed E-state index contributed by atoms with van der Waals surface area (Å²) in [6.07, 6.45) is 1.59. The first kappa shape index (κ1) is 18.2. The van der Waals surface area contributed by atoms with Crippen LogP contribution in [0.4, 0.5) is 5.69 Å². The average molecular weight is 340 g/mol. The minimum absolute atomic E-state index is 0.144. The molecule has 6 heteroatoms. The van der Waals surface area contributed by atoms with Crippen LogP contribution < -0.4 is 4.90 Å². The summed E-state index contributed by atoms with van der Waals surface area (Å²) in [7, 11) is -3.83. The molecule has 1 N–H and O–H groups in total. The lowest BCUT2D eigenvalue weighted by molar-refractivity contribution is 0.266. The Morgan fingerprint density at radius 1 is 1.13 bits per heavy atom. The number of aryl methyl sites for hydroxylation is 3. The molecule has 0 aliphatic carbocycles. The van der Waals surface area contributed by atoms with Crippen LogP contribution in [0.3, 0.4) is 0 Å². The van der Waals surface area contributed by atoms with Crippen LogP contribution in [-0.4, -0.2) is 49.4 Å². The zero-order chi connectivity index (χ0) is 17.2. The van der Waals surface area contributed by atoms with Crippen LogP contribution in [0.15, 0.2) is 12.1 Å². The molecule has 1 aromatic carbocycles. The summed E-state index contributed by atoms with van der Waals surface area (Å²) >= 11 is 0. The minimum Gasteiger partial charge on any atom is -0.354 e. The highest BCUT2D eigenvalue weighted by Gasteiger charge is 2.29. The van der Waals surface area contributed by atoms with Crippen molar-refractivity contribution in [3.05, 3.63) is 28.8 Å². The van der Waals surface area contributed by atoms with E-state index in [4.69, 9.17) is 4.55 Å². The van der Waals surface area contributed by atoms with Crippen molar-refractivity contribution in [1.29, 1.82) is 0 Å². The fraction of sp³-hybridized carbons (Fsp3) is 0.647. The van der Waals surface area contributed by atoms with Crippen LogP contribution in [0.5, 0.6) is 0 Å². The summed E-state index contributed by atoms with van der Waals surface area (Å²) < 4.78 is 30.3. The van der Waals surface area contributed by atoms with Gasteiger partial charge in [-0.2, -0.15) is 8.42 Å². The maximum Gasteiger partial charge on any atom is 0.264 e. The van der Waals surface area contributed by atoms with E-state index in [2.05, 4.69) is 49.6 Å². The summed E-state index contributed by atoms with van der Waals surface area (Å²) in [5.74, 6) is -0.144. The molecule has 1 heterocycles. The molecule has 1 aliphatic heterocycles. The molecule has 1 aliphatic rings. The van der Waals surface area contributed by atoms with Crippen molar-refractivity contribution >= 4 is 15.8 Å². The van der Waals surface area contributed by atoms with E-state index in [1.807, 2.05) is 0 Å². The van der Waals surface area contributed by atoms with E-state index in [-0.39, 0.29) is 5.75 Å². The fourth-order valence-electron chi connectivity index (χ4n) is 3.63. The van der Waals surface area contributed by atoms with Crippen molar-refractivity contribution in [3.63, 3.8) is 0 Å². The van der Waals surface area contributed by atoms with Crippen molar-refractivity contribution < 1.29 is 13.0 Å². The van der Waals surface area contributed by atoms with Crippen molar-refractivity contribution in [2.24, 2.45) is 0 Å². The van der Waals surface area contributed by atoms with Crippen molar-refractivity contribution in [2.45, 2.75) is 46.7 Å². The summed E-state index contributed by atoms with van der Waals surface area (Å²) in [5, 5.41) is 0. The molecule has 0 aromatic heterocycles. The summed E-state index contributed by atoms with van der Waals surface area (Å²) in [6.45, 7) is 11.5. The van der Waals surface area contributed by atoms with E-state index in [1.165, 1.54) is 22.4 Å². The van der Waals surface area contributed by atoms with Gasteiger partial charge in [0.05, 0.1) is 11.9 Å². The van der Waals surface area contributed by atoms with Gasteiger partial charge in [-0.25, -0.2) is 0 Å². The van der Waals surface area contributed by atoms with Gasteiger partial charge in [-0.1, -0.05) is 17.7 Å². The third-order valence-corrected chi connectivity index (χ3v) is 5.43. The molecule has 0 radical (unpaired) electrons. The lowest BCUT2D eigenvalue weighted by Gasteiger charge is -2.31. The molecule has 5 nitrogen and oxygen atoms in total. The zero-order valence-electron chi connectivity index (χ0n) is 14.5. The Bertz CT molecular complexity index is 635. The highest BCUT2D eigenvalue weighted by Crippen LogP contribution is 2.31. The number of hydrogen-bond acceptors (Lipinski definition) is 4. The first-order valence-corrected chi connectivity index (χ1v) is 9.83. The van der Waals surface area contributed by atoms with Gasteiger partial charge in [0.2, 0.25) is 0 Å². The van der Waals surface area contributed by atoms with Crippen LogP contribution in [0.1, 0.15) is 36.5 Å². The highest BCUT2D eigenvalue weighted by molar-refractivity contribution is 7.85. The number of benzene rings is 1. The van der Waals surface area contributed by atoms with E-state index in [0.29, 0.717) is 12.6 Å². The van der Waals surface area contributed by atoms with Crippen LogP contribution in [-0.2, 0) is 10.1 Å². The molecule has 23 heavy (non-hydrogen) atoms. The van der Waals surface area contributed by atoms with Gasteiger partial charge in [-0.05, 0) is 51.7 Å². The summed E-state index contributed by atoms with van der Waals surface area (Å²) in [4.78, 5) is 4.82. The van der Waals surface area contributed by atoms with Gasteiger partial charge >= 0.3 is 0 Å². The lowest BCUT2D eigenvalue weighted by Crippen LogP contribution is -2.37. The van der Waals surface area contributed by atoms with Gasteiger partial charge in [0.15, 0.2) is 0 Å². The Hall–Kier alpha value is -1.11. The standard InChI is InChI=1S/C17H28N2O3S/c1-13-11-14(2)17(15(3)12-13)19-9-8-18(16(19)4)7-5-6-10-23(20,21)22/h11-12,16H,5-10H2,1-4H3,(H,20,21,22). The molecular weight excluding hydrogens is 312 g/mol. The Balaban J connectivity index is 1.98. The van der Waals surface area contributed by atoms with Crippen LogP contribution in [0.2, 0.25) is 0 Å². The smallest absolute Gasteiger partial charge is 0.264 e. The molecule has 1 atom stereocenters. The molecule has 2 rings (SSSR count). The molecule has 1 saturated heterocycles. The third-order valence-electron chi connectivity index (χ3n) is 4.63. The second kappa shape index (κ2) is 7.20. The Morgan fingerprint density at radius 3 is 2.30 bits per heavy atom. The number of unbranched alkanes of at least 4 members (excludes halogenated alkanes) is 1. The summed E-state index contributed by atoms with van der Waals surface area (Å²) in [5.41, 5.74) is 5.23. The molecular formula is C17H28N2O3S. The van der Waals surface area contributed by atoms with Crippen LogP contribution in [0, 0.1) is 20.8 Å². The highest BCUT2D eigenvalue weighted by atomic mass is 32.2. The van der Waals surface area contributed by atoms with E-state index >= 15 is 0 Å². The number of hydrogen-bond donors (Lipinski definition) is 1. The average Bonchev–Trinajstić information content (AvgIpc) is 2.75. The maximum absolute atomic E-state index is 10.8. The fourth-order valence-corrected chi connectivity index (χ4v) is 4.20. The lowest BCUT2D eigenvalue weighted by atomic mass is 10.0. The predicted octanol–water partition coefficient (Wildman–Crippen LogP) is 2.75. The van der Waals surface area contributed by atoms with Gasteiger partial charge in [0, 0.05) is 25.3 Å². The molecule has 0 bridgehead atoms. The monoisotopic (exact) mass is 340 g/mol. The second-order valence-corrected chi connectivity index (χ2v) is 8.17. The van der Waals surface area contributed by atoms with E-state index < -0.39 is 10.1 Å². The molecule has 1 aromatic rings. The first-order valence-electron chi connectivity index (χ1n) is 8.23. The quantitative estimate of drug-likeness (QED) is 0.637. The molecule has 0 spiro atoms. The second-order valence-electron chi connectivity index (χ2n) is 6.60. The van der Waals surface area contributed by atoms with Crippen molar-refractivity contribution in [1.82, 2.24) is 4.90 Å². The van der Waals surface area contributed by atoms with E-state index in [9.17, 15) is 8.42 Å². The Morgan fingerprint density at radius 2 is 1.74 bits per heavy atom. The first-order chi connectivity index (χ1) is 10.7. The minimum atomic E-state index is -3.83. The predicted molar refractivity (Wildman–Crippen MR) is 94.7 cm³/mol. The maximum atomic E-state index is 10.8. The number of anilines is 1. The Kier molecular flexibility index (Phi) is 5.70. The number of nitrogens with zero attached hydrogens (tertiary/aromatic N) is 2. The van der Waals surface area contributed by atoms with Crippen LogP contribution >= 0.6 is 0 Å². The molecule has 1 unspecified atom stereocenters. The zero-order valence-corrected chi connectivity index (χ0v) is 15.4. The van der Waals surface area contributed by atoms with Gasteiger partial charge in [-0.15, -0.1) is 0 Å². The van der Waals surface area contributed by atoms with Crippen molar-refractivity contribution in [2.75, 3.05) is 30.3 Å². The largest absolute Gasteiger partial charge is 0.354 e. The third kappa shape index (κ3) is 4.68.